The molecule has 2 fully saturated rings. The quantitative estimate of drug-likeness (QED) is 0.280. The van der Waals surface area contributed by atoms with Crippen LogP contribution in [0.4, 0.5) is 5.13 Å². The van der Waals surface area contributed by atoms with E-state index >= 15 is 0 Å². The topological polar surface area (TPSA) is 65.9 Å². The first-order chi connectivity index (χ1) is 19.4. The van der Waals surface area contributed by atoms with E-state index in [4.69, 9.17) is 9.72 Å². The van der Waals surface area contributed by atoms with Crippen LogP contribution in [0.2, 0.25) is 0 Å². The summed E-state index contributed by atoms with van der Waals surface area (Å²) in [5.74, 6) is 0.761. The summed E-state index contributed by atoms with van der Waals surface area (Å²) in [6.45, 7) is 8.42. The average molecular weight is 562 g/mol. The molecule has 0 bridgehead atoms. The number of piperidine rings is 1. The molecule has 2 aliphatic rings. The third-order valence-electron chi connectivity index (χ3n) is 8.56. The highest BCUT2D eigenvalue weighted by Gasteiger charge is 2.26. The fourth-order valence-corrected chi connectivity index (χ4v) is 7.06. The molecule has 0 atom stereocenters. The fraction of sp³-hybridized carbons (Fsp3) is 0.515. The molecular formula is C33H43N3O3S. The molecule has 5 rings (SSSR count). The molecule has 0 spiro atoms. The molecule has 2 heterocycles. The number of carboxylic acids is 1. The molecule has 1 saturated heterocycles. The van der Waals surface area contributed by atoms with Crippen LogP contribution in [0.1, 0.15) is 67.2 Å². The van der Waals surface area contributed by atoms with Gasteiger partial charge in [-0.25, -0.2) is 4.98 Å². The van der Waals surface area contributed by atoms with Crippen molar-refractivity contribution in [3.05, 3.63) is 64.0 Å². The van der Waals surface area contributed by atoms with Gasteiger partial charge < -0.3 is 19.6 Å². The van der Waals surface area contributed by atoms with Crippen molar-refractivity contribution >= 4 is 22.4 Å². The zero-order valence-corrected chi connectivity index (χ0v) is 25.0. The third kappa shape index (κ3) is 7.24. The van der Waals surface area contributed by atoms with Gasteiger partial charge in [-0.1, -0.05) is 49.1 Å². The second-order valence-corrected chi connectivity index (χ2v) is 12.7. The maximum absolute atomic E-state index is 11.3. The highest BCUT2D eigenvalue weighted by atomic mass is 32.1. The summed E-state index contributed by atoms with van der Waals surface area (Å²) in [5.41, 5.74) is 6.90. The van der Waals surface area contributed by atoms with Crippen LogP contribution >= 0.6 is 11.3 Å². The molecule has 2 aromatic carbocycles. The third-order valence-corrected chi connectivity index (χ3v) is 9.46. The molecule has 40 heavy (non-hydrogen) atoms. The molecule has 0 radical (unpaired) electrons. The summed E-state index contributed by atoms with van der Waals surface area (Å²) >= 11 is 1.62. The van der Waals surface area contributed by atoms with E-state index in [0.717, 1.165) is 53.3 Å². The van der Waals surface area contributed by atoms with Gasteiger partial charge in [0.1, 0.15) is 12.4 Å². The van der Waals surface area contributed by atoms with Gasteiger partial charge in [-0.3, -0.25) is 4.79 Å². The standard InChI is InChI=1S/C33H43N3O3S/c1-23-9-12-31(29(17-23)30-22-40-33(34-30)36-15-13-27(14-16-36)32(37)38)39-21-28-11-10-26(18-24(28)2)20-35(3)19-25-7-5-4-6-8-25/h9-12,17-18,22,25,27H,4-8,13-16,19-21H2,1-3H3,(H,37,38). The maximum Gasteiger partial charge on any atom is 0.306 e. The van der Waals surface area contributed by atoms with E-state index in [-0.39, 0.29) is 5.92 Å². The number of nitrogens with zero attached hydrogens (tertiary/aromatic N) is 3. The van der Waals surface area contributed by atoms with Crippen molar-refractivity contribution < 1.29 is 14.6 Å². The lowest BCUT2D eigenvalue weighted by atomic mass is 9.89. The van der Waals surface area contributed by atoms with Crippen molar-refractivity contribution in [3.8, 4) is 17.0 Å². The first-order valence-electron chi connectivity index (χ1n) is 14.8. The number of thiazole rings is 1. The molecule has 7 heteroatoms. The van der Waals surface area contributed by atoms with E-state index in [0.29, 0.717) is 19.4 Å². The summed E-state index contributed by atoms with van der Waals surface area (Å²) in [4.78, 5) is 21.0. The average Bonchev–Trinajstić information content (AvgIpc) is 3.44. The molecular weight excluding hydrogens is 518 g/mol. The van der Waals surface area contributed by atoms with Gasteiger partial charge in [-0.05, 0) is 81.3 Å². The van der Waals surface area contributed by atoms with E-state index in [9.17, 15) is 9.90 Å². The summed E-state index contributed by atoms with van der Waals surface area (Å²) in [7, 11) is 2.25. The van der Waals surface area contributed by atoms with E-state index in [1.165, 1.54) is 55.3 Å². The van der Waals surface area contributed by atoms with Crippen LogP contribution in [-0.2, 0) is 17.9 Å². The van der Waals surface area contributed by atoms with Gasteiger partial charge in [-0.15, -0.1) is 11.3 Å². The van der Waals surface area contributed by atoms with Gasteiger partial charge in [0.05, 0.1) is 11.6 Å². The van der Waals surface area contributed by atoms with Crippen LogP contribution in [0, 0.1) is 25.7 Å². The minimum Gasteiger partial charge on any atom is -0.488 e. The number of carbonyl (C=O) groups is 1. The molecule has 1 aliphatic heterocycles. The van der Waals surface area contributed by atoms with Crippen LogP contribution in [-0.4, -0.2) is 47.6 Å². The Morgan fingerprint density at radius 2 is 1.85 bits per heavy atom. The summed E-state index contributed by atoms with van der Waals surface area (Å²) in [6, 6.07) is 13.1. The first kappa shape index (κ1) is 28.6. The highest BCUT2D eigenvalue weighted by molar-refractivity contribution is 7.14. The normalized spacial score (nSPS) is 16.9. The van der Waals surface area contributed by atoms with Crippen LogP contribution in [0.25, 0.3) is 11.3 Å². The molecule has 1 N–H and O–H groups in total. The van der Waals surface area contributed by atoms with Gasteiger partial charge in [0.25, 0.3) is 0 Å². The van der Waals surface area contributed by atoms with Crippen LogP contribution in [0.3, 0.4) is 0 Å². The second-order valence-electron chi connectivity index (χ2n) is 11.9. The number of hydrogen-bond donors (Lipinski definition) is 1. The van der Waals surface area contributed by atoms with Crippen molar-refractivity contribution in [2.45, 2.75) is 71.9 Å². The molecule has 1 aliphatic carbocycles. The minimum atomic E-state index is -0.687. The van der Waals surface area contributed by atoms with Crippen molar-refractivity contribution in [2.24, 2.45) is 11.8 Å². The second kappa shape index (κ2) is 13.2. The number of aromatic nitrogens is 1. The van der Waals surface area contributed by atoms with Gasteiger partial charge in [0.15, 0.2) is 5.13 Å². The van der Waals surface area contributed by atoms with Crippen molar-refractivity contribution in [1.82, 2.24) is 9.88 Å². The number of carboxylic acid groups (broad SMARTS) is 1. The Morgan fingerprint density at radius 3 is 2.58 bits per heavy atom. The van der Waals surface area contributed by atoms with E-state index in [2.05, 4.69) is 66.4 Å². The zero-order chi connectivity index (χ0) is 28.1. The molecule has 0 unspecified atom stereocenters. The summed E-state index contributed by atoms with van der Waals surface area (Å²) in [5, 5.41) is 12.3. The Bertz CT molecular complexity index is 1290. The van der Waals surface area contributed by atoms with Gasteiger partial charge >= 0.3 is 5.97 Å². The molecule has 1 saturated carbocycles. The number of aliphatic carboxylic acids is 1. The number of benzene rings is 2. The predicted molar refractivity (Wildman–Crippen MR) is 163 cm³/mol. The molecule has 3 aromatic rings. The first-order valence-corrected chi connectivity index (χ1v) is 15.7. The highest BCUT2D eigenvalue weighted by Crippen LogP contribution is 2.36. The molecule has 1 aromatic heterocycles. The maximum atomic E-state index is 11.3. The Hall–Kier alpha value is -2.90. The van der Waals surface area contributed by atoms with Crippen LogP contribution < -0.4 is 9.64 Å². The Morgan fingerprint density at radius 1 is 1.07 bits per heavy atom. The van der Waals surface area contributed by atoms with Crippen LogP contribution in [0.5, 0.6) is 5.75 Å². The zero-order valence-electron chi connectivity index (χ0n) is 24.2. The number of rotatable bonds is 10. The summed E-state index contributed by atoms with van der Waals surface area (Å²) < 4.78 is 6.41. The molecule has 0 amide bonds. The fourth-order valence-electron chi connectivity index (χ4n) is 6.18. The number of aryl methyl sites for hydroxylation is 2. The Labute approximate surface area is 243 Å². The van der Waals surface area contributed by atoms with E-state index < -0.39 is 5.97 Å². The largest absolute Gasteiger partial charge is 0.488 e. The predicted octanol–water partition coefficient (Wildman–Crippen LogP) is 7.32. The van der Waals surface area contributed by atoms with Gasteiger partial charge in [0, 0.05) is 37.1 Å². The lowest BCUT2D eigenvalue weighted by molar-refractivity contribution is -0.142. The van der Waals surface area contributed by atoms with Crippen molar-refractivity contribution in [1.29, 1.82) is 0 Å². The number of hydrogen-bond acceptors (Lipinski definition) is 6. The lowest BCUT2D eigenvalue weighted by Crippen LogP contribution is -2.36. The monoisotopic (exact) mass is 561 g/mol. The van der Waals surface area contributed by atoms with Crippen molar-refractivity contribution in [3.63, 3.8) is 0 Å². The Balaban J connectivity index is 1.22. The van der Waals surface area contributed by atoms with E-state index in [1.807, 2.05) is 6.07 Å². The number of anilines is 1. The smallest absolute Gasteiger partial charge is 0.306 e. The van der Waals surface area contributed by atoms with Crippen LogP contribution in [0.15, 0.2) is 41.8 Å². The Kier molecular flexibility index (Phi) is 9.43. The van der Waals surface area contributed by atoms with Gasteiger partial charge in [-0.2, -0.15) is 0 Å². The molecule has 6 nitrogen and oxygen atoms in total. The van der Waals surface area contributed by atoms with E-state index in [1.54, 1.807) is 11.3 Å². The lowest BCUT2D eigenvalue weighted by Gasteiger charge is -2.29. The number of ether oxygens (including phenoxy) is 1. The minimum absolute atomic E-state index is 0.243. The SMILES string of the molecule is Cc1ccc(OCc2ccc(CN(C)CC3CCCCC3)cc2C)c(-c2csc(N3CCC(C(=O)O)CC3)n2)c1. The summed E-state index contributed by atoms with van der Waals surface area (Å²) in [6.07, 6.45) is 8.30. The van der Waals surface area contributed by atoms with Gasteiger partial charge in [0.2, 0.25) is 0 Å². The molecule has 214 valence electrons. The van der Waals surface area contributed by atoms with Crippen molar-refractivity contribution in [2.75, 3.05) is 31.6 Å².